The fraction of sp³-hybridized carbons (Fsp3) is 0.600. The van der Waals surface area contributed by atoms with E-state index >= 15 is 0 Å². The van der Waals surface area contributed by atoms with Crippen molar-refractivity contribution in [2.75, 3.05) is 7.11 Å². The van der Waals surface area contributed by atoms with Crippen LogP contribution in [0.15, 0.2) is 24.3 Å². The Balaban J connectivity index is 1.68. The first-order chi connectivity index (χ1) is 15.5. The minimum absolute atomic E-state index is 0.173. The summed E-state index contributed by atoms with van der Waals surface area (Å²) < 4.78 is 13.0. The highest BCUT2D eigenvalue weighted by molar-refractivity contribution is 6.30. The molecule has 0 aliphatic heterocycles. The van der Waals surface area contributed by atoms with E-state index in [-0.39, 0.29) is 12.6 Å². The van der Waals surface area contributed by atoms with Gasteiger partial charge < -0.3 is 19.1 Å². The zero-order valence-electron chi connectivity index (χ0n) is 19.2. The zero-order chi connectivity index (χ0) is 22.9. The minimum atomic E-state index is -0.579. The number of rotatable bonds is 11. The summed E-state index contributed by atoms with van der Waals surface area (Å²) in [7, 11) is 1.41. The molecule has 1 N–H and O–H groups in total. The van der Waals surface area contributed by atoms with Crippen molar-refractivity contribution in [2.24, 2.45) is 5.92 Å². The molecule has 1 fully saturated rings. The van der Waals surface area contributed by atoms with Crippen LogP contribution in [0.5, 0.6) is 5.75 Å². The van der Waals surface area contributed by atoms with Crippen molar-refractivity contribution in [3.8, 4) is 5.75 Å². The van der Waals surface area contributed by atoms with E-state index in [4.69, 9.17) is 21.1 Å². The third-order valence-electron chi connectivity index (χ3n) is 6.23. The Morgan fingerprint density at radius 1 is 1.25 bits per heavy atom. The number of aryl methyl sites for hydroxylation is 1. The molecule has 1 atom stereocenters. The van der Waals surface area contributed by atoms with Crippen LogP contribution < -0.4 is 4.74 Å². The Kier molecular flexibility index (Phi) is 9.42. The Hall–Kier alpha value is -2.05. The van der Waals surface area contributed by atoms with Crippen LogP contribution >= 0.6 is 11.6 Å². The van der Waals surface area contributed by atoms with Crippen molar-refractivity contribution in [2.45, 2.75) is 84.0 Å². The van der Waals surface area contributed by atoms with Gasteiger partial charge in [-0.25, -0.2) is 9.78 Å². The van der Waals surface area contributed by atoms with E-state index in [0.29, 0.717) is 35.5 Å². The van der Waals surface area contributed by atoms with E-state index in [0.717, 1.165) is 43.5 Å². The Morgan fingerprint density at radius 3 is 2.59 bits per heavy atom. The van der Waals surface area contributed by atoms with E-state index in [1.54, 1.807) is 0 Å². The highest BCUT2D eigenvalue weighted by Crippen LogP contribution is 2.29. The lowest BCUT2D eigenvalue weighted by atomic mass is 9.85. The first-order valence-corrected chi connectivity index (χ1v) is 12.1. The van der Waals surface area contributed by atoms with Crippen molar-refractivity contribution in [3.05, 3.63) is 46.5 Å². The van der Waals surface area contributed by atoms with Crippen molar-refractivity contribution in [1.29, 1.82) is 0 Å². The predicted octanol–water partition coefficient (Wildman–Crippen LogP) is 5.31. The molecule has 32 heavy (non-hydrogen) atoms. The average Bonchev–Trinajstić information content (AvgIpc) is 3.12. The monoisotopic (exact) mass is 462 g/mol. The quantitative estimate of drug-likeness (QED) is 0.458. The van der Waals surface area contributed by atoms with Gasteiger partial charge in [-0.2, -0.15) is 0 Å². The summed E-state index contributed by atoms with van der Waals surface area (Å²) in [5, 5.41) is 10.0. The highest BCUT2D eigenvalue weighted by atomic mass is 35.5. The molecule has 0 radical (unpaired) electrons. The number of hydrogen-bond donors (Lipinski definition) is 1. The summed E-state index contributed by atoms with van der Waals surface area (Å²) >= 11 is 6.47. The van der Waals surface area contributed by atoms with E-state index in [1.807, 2.05) is 28.8 Å². The van der Waals surface area contributed by atoms with E-state index in [2.05, 4.69) is 11.9 Å². The zero-order valence-corrected chi connectivity index (χ0v) is 19.9. The lowest BCUT2D eigenvalue weighted by Crippen LogP contribution is -2.31. The summed E-state index contributed by atoms with van der Waals surface area (Å²) in [6, 6.07) is 7.72. The topological polar surface area (TPSA) is 73.6 Å². The lowest BCUT2D eigenvalue weighted by Gasteiger charge is -2.25. The number of methoxy groups -OCH3 is 1. The van der Waals surface area contributed by atoms with E-state index in [1.165, 1.54) is 26.4 Å². The summed E-state index contributed by atoms with van der Waals surface area (Å²) in [6.07, 6.45) is 9.05. The molecule has 1 aliphatic rings. The van der Waals surface area contributed by atoms with Crippen molar-refractivity contribution >= 4 is 17.6 Å². The average molecular weight is 463 g/mol. The number of ether oxygens (including phenoxy) is 2. The number of aromatic nitrogens is 2. The van der Waals surface area contributed by atoms with Crippen LogP contribution in [0.2, 0.25) is 5.15 Å². The van der Waals surface area contributed by atoms with Gasteiger partial charge in [0.05, 0.1) is 20.3 Å². The lowest BCUT2D eigenvalue weighted by molar-refractivity contribution is -0.149. The second-order valence-electron chi connectivity index (χ2n) is 8.63. The Bertz CT molecular complexity index is 860. The maximum atomic E-state index is 12.3. The maximum absolute atomic E-state index is 12.3. The highest BCUT2D eigenvalue weighted by Gasteiger charge is 2.27. The molecular weight excluding hydrogens is 428 g/mol. The Morgan fingerprint density at radius 2 is 1.97 bits per heavy atom. The van der Waals surface area contributed by atoms with Crippen molar-refractivity contribution in [3.63, 3.8) is 0 Å². The molecule has 7 heteroatoms. The number of esters is 1. The molecule has 0 spiro atoms. The van der Waals surface area contributed by atoms with Gasteiger partial charge in [0.25, 0.3) is 0 Å². The number of unbranched alkanes of at least 4 members (excludes halogenated alkanes) is 1. The second-order valence-corrected chi connectivity index (χ2v) is 8.98. The van der Waals surface area contributed by atoms with Crippen LogP contribution in [0.25, 0.3) is 0 Å². The van der Waals surface area contributed by atoms with Crippen LogP contribution in [-0.4, -0.2) is 33.8 Å². The SMILES string of the molecule is CCCCc1nc(CO)c(Cl)n1Cc1ccc(OC(CC2CCCCC2)C(=O)OC)cc1. The second kappa shape index (κ2) is 12.3. The largest absolute Gasteiger partial charge is 0.479 e. The van der Waals surface area contributed by atoms with Gasteiger partial charge in [-0.1, -0.05) is 69.2 Å². The number of nitrogens with zero attached hydrogens (tertiary/aromatic N) is 2. The molecule has 0 saturated heterocycles. The number of carbonyl (C=O) groups is 1. The van der Waals surface area contributed by atoms with Gasteiger partial charge in [-0.15, -0.1) is 0 Å². The van der Waals surface area contributed by atoms with Gasteiger partial charge in [0.15, 0.2) is 6.10 Å². The summed E-state index contributed by atoms with van der Waals surface area (Å²) in [4.78, 5) is 16.8. The number of halogens is 1. The number of aliphatic hydroxyl groups excluding tert-OH is 1. The van der Waals surface area contributed by atoms with Gasteiger partial charge in [0.1, 0.15) is 22.4 Å². The molecule has 1 aromatic heterocycles. The van der Waals surface area contributed by atoms with Crippen LogP contribution in [-0.2, 0) is 29.1 Å². The molecule has 176 valence electrons. The molecule has 6 nitrogen and oxygen atoms in total. The van der Waals surface area contributed by atoms with Gasteiger partial charge in [0.2, 0.25) is 0 Å². The molecular formula is C25H35ClN2O4. The smallest absolute Gasteiger partial charge is 0.347 e. The van der Waals surface area contributed by atoms with Gasteiger partial charge in [-0.05, 0) is 36.5 Å². The first-order valence-electron chi connectivity index (χ1n) is 11.7. The number of hydrogen-bond acceptors (Lipinski definition) is 5. The van der Waals surface area contributed by atoms with Crippen molar-refractivity contribution < 1.29 is 19.4 Å². The molecule has 1 unspecified atom stereocenters. The molecule has 1 heterocycles. The molecule has 0 amide bonds. The molecule has 1 aromatic carbocycles. The summed E-state index contributed by atoms with van der Waals surface area (Å²) in [5.41, 5.74) is 1.56. The third-order valence-corrected chi connectivity index (χ3v) is 6.66. The van der Waals surface area contributed by atoms with E-state index in [9.17, 15) is 9.90 Å². The van der Waals surface area contributed by atoms with Crippen LogP contribution in [0.3, 0.4) is 0 Å². The number of benzene rings is 1. The summed E-state index contributed by atoms with van der Waals surface area (Å²) in [6.45, 7) is 2.53. The fourth-order valence-corrected chi connectivity index (χ4v) is 4.65. The minimum Gasteiger partial charge on any atom is -0.479 e. The molecule has 0 bridgehead atoms. The standard InChI is InChI=1S/C25H35ClN2O4/c1-3-4-10-23-27-21(17-29)24(26)28(23)16-19-11-13-20(14-12-19)32-22(25(30)31-2)15-18-8-6-5-7-9-18/h11-14,18,22,29H,3-10,15-17H2,1-2H3. The van der Waals surface area contributed by atoms with Crippen molar-refractivity contribution in [1.82, 2.24) is 9.55 Å². The fourth-order valence-electron chi connectivity index (χ4n) is 4.39. The van der Waals surface area contributed by atoms with Crippen LogP contribution in [0.4, 0.5) is 0 Å². The number of carbonyl (C=O) groups excluding carboxylic acids is 1. The number of imidazole rings is 1. The van der Waals surface area contributed by atoms with Gasteiger partial charge in [0, 0.05) is 6.42 Å². The predicted molar refractivity (Wildman–Crippen MR) is 125 cm³/mol. The van der Waals surface area contributed by atoms with Crippen LogP contribution in [0.1, 0.15) is 75.4 Å². The first kappa shape index (κ1) is 24.6. The van der Waals surface area contributed by atoms with Gasteiger partial charge in [-0.3, -0.25) is 0 Å². The normalized spacial score (nSPS) is 15.5. The molecule has 2 aromatic rings. The maximum Gasteiger partial charge on any atom is 0.347 e. The summed E-state index contributed by atoms with van der Waals surface area (Å²) in [5.74, 6) is 1.73. The Labute approximate surface area is 195 Å². The van der Waals surface area contributed by atoms with Gasteiger partial charge >= 0.3 is 5.97 Å². The molecule has 3 rings (SSSR count). The van der Waals surface area contributed by atoms with E-state index < -0.39 is 6.10 Å². The third kappa shape index (κ3) is 6.48. The number of aliphatic hydroxyl groups is 1. The van der Waals surface area contributed by atoms with Crippen LogP contribution in [0, 0.1) is 5.92 Å². The molecule has 1 saturated carbocycles. The molecule has 1 aliphatic carbocycles.